The van der Waals surface area contributed by atoms with Crippen LogP contribution in [-0.4, -0.2) is 46.4 Å². The molecule has 0 aromatic carbocycles. The molecule has 0 aromatic rings. The van der Waals surface area contributed by atoms with E-state index in [1.165, 1.54) is 0 Å². The van der Waals surface area contributed by atoms with E-state index >= 15 is 0 Å². The van der Waals surface area contributed by atoms with Crippen LogP contribution in [0.15, 0.2) is 22.1 Å². The zero-order valence-corrected chi connectivity index (χ0v) is 17.4. The Bertz CT molecular complexity index is 802. The fourth-order valence-electron chi connectivity index (χ4n) is 7.76. The van der Waals surface area contributed by atoms with E-state index in [4.69, 9.17) is 0 Å². The number of carboxylic acid groups (broad SMARTS) is 2. The van der Waals surface area contributed by atoms with Gasteiger partial charge in [0.15, 0.2) is 0 Å². The van der Waals surface area contributed by atoms with E-state index in [9.17, 15) is 29.4 Å². The van der Waals surface area contributed by atoms with E-state index in [0.717, 1.165) is 0 Å². The number of carbonyl (C=O) groups is 2. The van der Waals surface area contributed by atoms with Crippen molar-refractivity contribution in [1.82, 2.24) is 0 Å². The number of rotatable bonds is 6. The quantitative estimate of drug-likeness (QED) is 0.379. The predicted molar refractivity (Wildman–Crippen MR) is 109 cm³/mol. The molecule has 3 fully saturated rings. The molecule has 0 radical (unpaired) electrons. The predicted octanol–water partition coefficient (Wildman–Crippen LogP) is 3.12. The molecule has 4 atom stereocenters. The molecule has 4 rings (SSSR count). The maximum Gasteiger partial charge on any atom is 0.311 e. The Morgan fingerprint density at radius 1 is 0.710 bits per heavy atom. The molecule has 8 nitrogen and oxygen atoms in total. The van der Waals surface area contributed by atoms with Crippen LogP contribution < -0.4 is 0 Å². The number of fused-ring (bicyclic) bond motifs is 2. The van der Waals surface area contributed by atoms with E-state index < -0.39 is 22.8 Å². The van der Waals surface area contributed by atoms with Gasteiger partial charge in [0, 0.05) is 0 Å². The summed E-state index contributed by atoms with van der Waals surface area (Å²) in [5.74, 6) is -3.22. The summed E-state index contributed by atoms with van der Waals surface area (Å²) in [5, 5.41) is 21.4. The number of nitrogens with zero attached hydrogens (tertiary/aromatic N) is 2. The summed E-state index contributed by atoms with van der Waals surface area (Å²) in [5.41, 5.74) is -2.75. The Morgan fingerprint density at radius 3 is 1.35 bits per heavy atom. The van der Waals surface area contributed by atoms with Crippen LogP contribution >= 0.6 is 0 Å². The second kappa shape index (κ2) is 8.18. The highest BCUT2D eigenvalue weighted by Crippen LogP contribution is 2.72. The normalized spacial score (nSPS) is 43.6. The molecular weight excluding hydrogens is 400 g/mol. The minimum Gasteiger partial charge on any atom is -0.481 e. The molecule has 8 heteroatoms. The fraction of sp³-hybridized carbons (Fsp3) is 0.739. The number of hydrogen-bond donors (Lipinski definition) is 2. The zero-order chi connectivity index (χ0) is 22.2. The van der Waals surface area contributed by atoms with Crippen LogP contribution in [0.1, 0.15) is 57.8 Å². The van der Waals surface area contributed by atoms with E-state index in [1.807, 2.05) is 12.2 Å². The van der Waals surface area contributed by atoms with Crippen LogP contribution in [-0.2, 0) is 19.2 Å². The third-order valence-corrected chi connectivity index (χ3v) is 8.80. The van der Waals surface area contributed by atoms with Crippen LogP contribution in [0.2, 0.25) is 0 Å². The van der Waals surface area contributed by atoms with Crippen molar-refractivity contribution >= 4 is 24.1 Å². The van der Waals surface area contributed by atoms with Crippen molar-refractivity contribution in [2.45, 2.75) is 69.9 Å². The molecule has 0 aromatic heterocycles. The van der Waals surface area contributed by atoms with Gasteiger partial charge < -0.3 is 10.2 Å². The van der Waals surface area contributed by atoms with Gasteiger partial charge in [0.2, 0.25) is 12.2 Å². The number of allylic oxidation sites excluding steroid dienone is 2. The topological polar surface area (TPSA) is 133 Å². The van der Waals surface area contributed by atoms with Crippen LogP contribution in [0.5, 0.6) is 0 Å². The van der Waals surface area contributed by atoms with Gasteiger partial charge in [0.25, 0.3) is 0 Å². The van der Waals surface area contributed by atoms with Gasteiger partial charge in [-0.2, -0.15) is 0 Å². The van der Waals surface area contributed by atoms with Crippen LogP contribution in [0.3, 0.4) is 0 Å². The van der Waals surface area contributed by atoms with Gasteiger partial charge in [0.05, 0.1) is 22.9 Å². The summed E-state index contributed by atoms with van der Waals surface area (Å²) in [6, 6.07) is -0.325. The molecule has 166 valence electrons. The Balaban J connectivity index is 1.76. The Morgan fingerprint density at radius 2 is 1.06 bits per heavy atom. The van der Waals surface area contributed by atoms with Crippen molar-refractivity contribution in [2.75, 3.05) is 0 Å². The number of isocyanates is 2. The van der Waals surface area contributed by atoms with E-state index in [0.29, 0.717) is 57.8 Å². The number of carbonyl (C=O) groups excluding carboxylic acids is 2. The van der Waals surface area contributed by atoms with Gasteiger partial charge in [-0.25, -0.2) is 19.6 Å². The smallest absolute Gasteiger partial charge is 0.311 e. The van der Waals surface area contributed by atoms with Crippen molar-refractivity contribution < 1.29 is 29.4 Å². The average molecular weight is 428 g/mol. The van der Waals surface area contributed by atoms with Gasteiger partial charge in [-0.3, -0.25) is 9.59 Å². The molecule has 4 aliphatic rings. The molecule has 0 aliphatic heterocycles. The van der Waals surface area contributed by atoms with Gasteiger partial charge >= 0.3 is 11.9 Å². The van der Waals surface area contributed by atoms with E-state index in [1.54, 1.807) is 12.2 Å². The van der Waals surface area contributed by atoms with Gasteiger partial charge in [0.1, 0.15) is 0 Å². The maximum absolute atomic E-state index is 13.1. The number of aliphatic imine (C=N–C) groups is 2. The number of aliphatic carboxylic acids is 2. The minimum atomic E-state index is -1.38. The molecule has 2 bridgehead atoms. The van der Waals surface area contributed by atoms with Crippen molar-refractivity contribution in [3.8, 4) is 0 Å². The first kappa shape index (κ1) is 21.7. The SMILES string of the molecule is O=C=NC1CCC(C2(C(=O)O)C3C=CC(C3)C2(C(=O)O)C2CCC(N=C=O)CC2)CC1. The summed E-state index contributed by atoms with van der Waals surface area (Å²) in [7, 11) is 0. The van der Waals surface area contributed by atoms with Gasteiger partial charge in [-0.05, 0) is 81.5 Å². The second-order valence-electron chi connectivity index (χ2n) is 9.63. The Labute approximate surface area is 180 Å². The van der Waals surface area contributed by atoms with Gasteiger partial charge in [-0.15, -0.1) is 0 Å². The van der Waals surface area contributed by atoms with Gasteiger partial charge in [-0.1, -0.05) is 12.2 Å². The Hall–Kier alpha value is -2.56. The summed E-state index contributed by atoms with van der Waals surface area (Å²) >= 11 is 0. The molecule has 0 spiro atoms. The highest BCUT2D eigenvalue weighted by molar-refractivity contribution is 5.90. The maximum atomic E-state index is 13.1. The molecule has 0 amide bonds. The van der Waals surface area contributed by atoms with E-state index in [-0.39, 0.29) is 35.8 Å². The first-order chi connectivity index (χ1) is 14.9. The summed E-state index contributed by atoms with van der Waals surface area (Å²) < 4.78 is 0. The third-order valence-electron chi connectivity index (χ3n) is 8.80. The lowest BCUT2D eigenvalue weighted by molar-refractivity contribution is -0.194. The molecule has 4 unspecified atom stereocenters. The lowest BCUT2D eigenvalue weighted by Crippen LogP contribution is -2.63. The fourth-order valence-corrected chi connectivity index (χ4v) is 7.76. The van der Waals surface area contributed by atoms with Crippen molar-refractivity contribution in [1.29, 1.82) is 0 Å². The standard InChI is InChI=1S/C23H28N2O6/c26-12-24-18-7-3-14(4-8-18)22(20(28)29)16-1-2-17(11-16)23(22,21(30)31)15-5-9-19(10-6-15)25-13-27/h1-2,14-19H,3-11H2,(H,28,29)(H,30,31). The first-order valence-electron chi connectivity index (χ1n) is 11.2. The van der Waals surface area contributed by atoms with Crippen LogP contribution in [0.4, 0.5) is 0 Å². The van der Waals surface area contributed by atoms with E-state index in [2.05, 4.69) is 9.98 Å². The molecule has 31 heavy (non-hydrogen) atoms. The summed E-state index contributed by atoms with van der Waals surface area (Å²) in [4.78, 5) is 55.1. The molecule has 3 saturated carbocycles. The van der Waals surface area contributed by atoms with Crippen molar-refractivity contribution in [3.05, 3.63) is 12.2 Å². The largest absolute Gasteiger partial charge is 0.481 e. The zero-order valence-electron chi connectivity index (χ0n) is 17.4. The van der Waals surface area contributed by atoms with Crippen LogP contribution in [0, 0.1) is 34.5 Å². The number of carboxylic acids is 2. The molecule has 0 saturated heterocycles. The van der Waals surface area contributed by atoms with Crippen LogP contribution in [0.25, 0.3) is 0 Å². The Kier molecular flexibility index (Phi) is 5.71. The molecule has 0 heterocycles. The lowest BCUT2D eigenvalue weighted by Gasteiger charge is -2.55. The summed E-state index contributed by atoms with van der Waals surface area (Å²) in [6.07, 6.45) is 12.1. The average Bonchev–Trinajstić information content (AvgIpc) is 3.35. The van der Waals surface area contributed by atoms with Crippen molar-refractivity contribution in [3.63, 3.8) is 0 Å². The number of hydrogen-bond acceptors (Lipinski definition) is 6. The lowest BCUT2D eigenvalue weighted by atomic mass is 9.45. The minimum absolute atomic E-state index is 0.162. The van der Waals surface area contributed by atoms with Crippen molar-refractivity contribution in [2.24, 2.45) is 44.5 Å². The molecular formula is C23H28N2O6. The summed E-state index contributed by atoms with van der Waals surface area (Å²) in [6.45, 7) is 0. The highest BCUT2D eigenvalue weighted by atomic mass is 16.4. The third kappa shape index (κ3) is 2.96. The first-order valence-corrected chi connectivity index (χ1v) is 11.2. The molecule has 2 N–H and O–H groups in total. The second-order valence-corrected chi connectivity index (χ2v) is 9.63. The monoisotopic (exact) mass is 428 g/mol. The molecule has 4 aliphatic carbocycles. The highest BCUT2D eigenvalue weighted by Gasteiger charge is 2.77.